The van der Waals surface area contributed by atoms with E-state index in [2.05, 4.69) is 20.5 Å². The Kier molecular flexibility index (Phi) is 6.02. The molecule has 1 aromatic carbocycles. The third-order valence-electron chi connectivity index (χ3n) is 3.12. The van der Waals surface area contributed by atoms with Gasteiger partial charge in [-0.15, -0.1) is 10.2 Å². The van der Waals surface area contributed by atoms with Gasteiger partial charge in [0.15, 0.2) is 14.2 Å². The number of halogens is 2. The fraction of sp³-hybridized carbons (Fsp3) is 0.0667. The first-order valence-corrected chi connectivity index (χ1v) is 11.4. The maximum atomic E-state index is 12.4. The first-order valence-electron chi connectivity index (χ1n) is 7.16. The van der Waals surface area contributed by atoms with E-state index < -0.39 is 15.7 Å². The monoisotopic (exact) mass is 460 g/mol. The summed E-state index contributed by atoms with van der Waals surface area (Å²) in [5.74, 6) is -0.503. The minimum absolute atomic E-state index is 0.107. The molecule has 7 nitrogen and oxygen atoms in total. The zero-order valence-corrected chi connectivity index (χ0v) is 17.5. The molecule has 0 saturated heterocycles. The molecule has 3 rings (SSSR count). The highest BCUT2D eigenvalue weighted by Gasteiger charge is 2.17. The largest absolute Gasteiger partial charge is 0.320 e. The summed E-state index contributed by atoms with van der Waals surface area (Å²) in [6, 6.07) is 5.95. The van der Waals surface area contributed by atoms with Gasteiger partial charge >= 0.3 is 0 Å². The lowest BCUT2D eigenvalue weighted by Gasteiger charge is -2.04. The molecule has 1 N–H and O–H groups in total. The van der Waals surface area contributed by atoms with Crippen LogP contribution in [0.5, 0.6) is 0 Å². The molecule has 0 fully saturated rings. The number of carbonyl (C=O) groups is 1. The summed E-state index contributed by atoms with van der Waals surface area (Å²) in [7, 11) is -3.37. The fourth-order valence-corrected chi connectivity index (χ4v) is 4.86. The molecule has 12 heteroatoms. The Hall–Kier alpha value is -1.72. The lowest BCUT2D eigenvalue weighted by Crippen LogP contribution is -2.12. The Morgan fingerprint density at radius 3 is 2.56 bits per heavy atom. The summed E-state index contributed by atoms with van der Waals surface area (Å²) in [5.41, 5.74) is 0.340. The summed E-state index contributed by atoms with van der Waals surface area (Å²) in [4.78, 5) is 16.9. The van der Waals surface area contributed by atoms with Crippen LogP contribution in [0.25, 0.3) is 0 Å². The van der Waals surface area contributed by atoms with E-state index in [0.29, 0.717) is 25.0 Å². The van der Waals surface area contributed by atoms with Crippen molar-refractivity contribution in [2.45, 2.75) is 14.1 Å². The molecule has 0 bridgehead atoms. The molecule has 0 saturated carbocycles. The zero-order valence-electron chi connectivity index (χ0n) is 13.5. The third-order valence-corrected chi connectivity index (χ3v) is 7.14. The topological polar surface area (TPSA) is 102 Å². The molecule has 0 aliphatic carbocycles. The second-order valence-corrected chi connectivity index (χ2v) is 10.2. The number of sulfone groups is 1. The van der Waals surface area contributed by atoms with Crippen molar-refractivity contribution in [2.75, 3.05) is 11.6 Å². The van der Waals surface area contributed by atoms with Gasteiger partial charge in [-0.05, 0) is 18.2 Å². The third kappa shape index (κ3) is 4.96. The Morgan fingerprint density at radius 2 is 1.89 bits per heavy atom. The number of nitrogens with one attached hydrogen (secondary N) is 1. The van der Waals surface area contributed by atoms with E-state index in [4.69, 9.17) is 23.2 Å². The van der Waals surface area contributed by atoms with Crippen molar-refractivity contribution >= 4 is 67.7 Å². The van der Waals surface area contributed by atoms with E-state index in [9.17, 15) is 13.2 Å². The molecule has 1 amide bonds. The summed E-state index contributed by atoms with van der Waals surface area (Å²) in [5, 5.41) is 11.3. The van der Waals surface area contributed by atoms with E-state index in [1.165, 1.54) is 36.3 Å². The Morgan fingerprint density at radius 1 is 1.19 bits per heavy atom. The molecule has 140 valence electrons. The van der Waals surface area contributed by atoms with Crippen molar-refractivity contribution in [2.24, 2.45) is 0 Å². The van der Waals surface area contributed by atoms with Gasteiger partial charge in [-0.3, -0.25) is 9.78 Å². The van der Waals surface area contributed by atoms with Gasteiger partial charge in [-0.25, -0.2) is 8.42 Å². The van der Waals surface area contributed by atoms with Crippen LogP contribution in [0, 0.1) is 0 Å². The highest BCUT2D eigenvalue weighted by Crippen LogP contribution is 2.38. The SMILES string of the molecule is CS(=O)(=O)c1cccc(NC(=O)c2nnc(Sc3c(Cl)cncc3Cl)s2)c1. The van der Waals surface area contributed by atoms with Crippen LogP contribution in [-0.4, -0.2) is 35.8 Å². The van der Waals surface area contributed by atoms with Crippen molar-refractivity contribution < 1.29 is 13.2 Å². The Bertz CT molecular complexity index is 1100. The van der Waals surface area contributed by atoms with Gasteiger partial charge < -0.3 is 5.32 Å². The molecule has 0 atom stereocenters. The van der Waals surface area contributed by atoms with Crippen LogP contribution < -0.4 is 5.32 Å². The molecule has 0 spiro atoms. The van der Waals surface area contributed by atoms with E-state index in [-0.39, 0.29) is 9.90 Å². The number of carbonyl (C=O) groups excluding carboxylic acids is 1. The first kappa shape index (κ1) is 20.0. The van der Waals surface area contributed by atoms with E-state index >= 15 is 0 Å². The number of nitrogens with zero attached hydrogens (tertiary/aromatic N) is 3. The fourth-order valence-electron chi connectivity index (χ4n) is 1.92. The summed E-state index contributed by atoms with van der Waals surface area (Å²) >= 11 is 14.4. The van der Waals surface area contributed by atoms with Crippen molar-refractivity contribution in [3.63, 3.8) is 0 Å². The van der Waals surface area contributed by atoms with Crippen LogP contribution in [0.4, 0.5) is 5.69 Å². The summed E-state index contributed by atoms with van der Waals surface area (Å²) < 4.78 is 23.7. The van der Waals surface area contributed by atoms with Gasteiger partial charge in [0, 0.05) is 24.3 Å². The lowest BCUT2D eigenvalue weighted by atomic mass is 10.3. The average molecular weight is 461 g/mol. The van der Waals surface area contributed by atoms with Gasteiger partial charge in [0.2, 0.25) is 5.01 Å². The van der Waals surface area contributed by atoms with Gasteiger partial charge in [-0.2, -0.15) is 0 Å². The van der Waals surface area contributed by atoms with Crippen molar-refractivity contribution in [3.8, 4) is 0 Å². The molecule has 2 heterocycles. The Balaban J connectivity index is 1.76. The number of benzene rings is 1. The van der Waals surface area contributed by atoms with Crippen molar-refractivity contribution in [1.82, 2.24) is 15.2 Å². The van der Waals surface area contributed by atoms with Crippen LogP contribution in [0.2, 0.25) is 10.0 Å². The van der Waals surface area contributed by atoms with Crippen LogP contribution in [0.3, 0.4) is 0 Å². The molecule has 0 radical (unpaired) electrons. The molecule has 27 heavy (non-hydrogen) atoms. The highest BCUT2D eigenvalue weighted by molar-refractivity contribution is 8.01. The van der Waals surface area contributed by atoms with Gasteiger partial charge in [-0.1, -0.05) is 52.4 Å². The predicted octanol–water partition coefficient (Wildman–Crippen LogP) is 4.05. The smallest absolute Gasteiger partial charge is 0.286 e. The second kappa shape index (κ2) is 8.11. The maximum absolute atomic E-state index is 12.4. The van der Waals surface area contributed by atoms with Gasteiger partial charge in [0.05, 0.1) is 19.8 Å². The summed E-state index contributed by atoms with van der Waals surface area (Å²) in [6.07, 6.45) is 4.01. The van der Waals surface area contributed by atoms with Crippen molar-refractivity contribution in [3.05, 3.63) is 51.7 Å². The van der Waals surface area contributed by atoms with Crippen molar-refractivity contribution in [1.29, 1.82) is 0 Å². The van der Waals surface area contributed by atoms with Crippen LogP contribution in [0.1, 0.15) is 9.80 Å². The van der Waals surface area contributed by atoms with Crippen LogP contribution in [0.15, 0.2) is 50.8 Å². The molecular weight excluding hydrogens is 451 g/mol. The molecular formula is C15H10Cl2N4O3S3. The standard InChI is InChI=1S/C15H10Cl2N4O3S3/c1-27(23,24)9-4-2-3-8(5-9)19-13(22)14-20-21-15(26-14)25-12-10(16)6-18-7-11(12)17/h2-7H,1H3,(H,19,22). The number of amides is 1. The number of hydrogen-bond donors (Lipinski definition) is 1. The second-order valence-electron chi connectivity index (χ2n) is 5.16. The van der Waals surface area contributed by atoms with Gasteiger partial charge in [0.25, 0.3) is 5.91 Å². The number of hydrogen-bond acceptors (Lipinski definition) is 8. The van der Waals surface area contributed by atoms with Crippen LogP contribution >= 0.6 is 46.3 Å². The minimum atomic E-state index is -3.37. The first-order chi connectivity index (χ1) is 12.7. The van der Waals surface area contributed by atoms with E-state index in [0.717, 1.165) is 17.6 Å². The quantitative estimate of drug-likeness (QED) is 0.612. The average Bonchev–Trinajstić information content (AvgIpc) is 3.07. The predicted molar refractivity (Wildman–Crippen MR) is 106 cm³/mol. The number of aromatic nitrogens is 3. The zero-order chi connectivity index (χ0) is 19.6. The molecule has 0 aliphatic rings. The maximum Gasteiger partial charge on any atom is 0.286 e. The molecule has 3 aromatic rings. The normalized spacial score (nSPS) is 11.4. The Labute approximate surface area is 173 Å². The lowest BCUT2D eigenvalue weighted by molar-refractivity contribution is 0.102. The summed E-state index contributed by atoms with van der Waals surface area (Å²) in [6.45, 7) is 0. The van der Waals surface area contributed by atoms with Crippen LogP contribution in [-0.2, 0) is 9.84 Å². The molecule has 2 aromatic heterocycles. The van der Waals surface area contributed by atoms with E-state index in [1.807, 2.05) is 0 Å². The highest BCUT2D eigenvalue weighted by atomic mass is 35.5. The number of pyridine rings is 1. The van der Waals surface area contributed by atoms with E-state index in [1.54, 1.807) is 12.1 Å². The molecule has 0 unspecified atom stereocenters. The number of rotatable bonds is 5. The minimum Gasteiger partial charge on any atom is -0.320 e. The number of anilines is 1. The van der Waals surface area contributed by atoms with Gasteiger partial charge in [0.1, 0.15) is 0 Å². The molecule has 0 aliphatic heterocycles.